The Balaban J connectivity index is 3.09. The fraction of sp³-hybridized carbons (Fsp3) is 0.385. The first-order valence-corrected chi connectivity index (χ1v) is 5.78. The average molecular weight is 253 g/mol. The topological polar surface area (TPSA) is 33.2 Å². The predicted molar refractivity (Wildman–Crippen MR) is 70.2 cm³/mol. The third-order valence-electron chi connectivity index (χ3n) is 2.37. The minimum Gasteiger partial charge on any atom is -0.330 e. The van der Waals surface area contributed by atoms with Gasteiger partial charge in [0.1, 0.15) is 0 Å². The minimum atomic E-state index is -0.280. The first kappa shape index (κ1) is 13.7. The lowest BCUT2D eigenvalue weighted by Crippen LogP contribution is -2.45. The van der Waals surface area contributed by atoms with Crippen LogP contribution in [0.5, 0.6) is 0 Å². The van der Waals surface area contributed by atoms with Crippen molar-refractivity contribution in [3.05, 3.63) is 41.7 Å². The van der Waals surface area contributed by atoms with Crippen LogP contribution >= 0.6 is 11.6 Å². The molecule has 1 amide bonds. The van der Waals surface area contributed by atoms with Crippen molar-refractivity contribution in [3.63, 3.8) is 0 Å². The number of halogens is 1. The number of carbonyl (C=O) groups excluding carboxylic acids is 1. The average Bonchev–Trinajstić information content (AvgIpc) is 2.24. The molecule has 3 nitrogen and oxygen atoms in total. The molecule has 17 heavy (non-hydrogen) atoms. The van der Waals surface area contributed by atoms with E-state index in [4.69, 9.17) is 11.6 Å². The molecule has 92 valence electrons. The molecule has 0 atom stereocenters. The quantitative estimate of drug-likeness (QED) is 0.775. The number of hydrogen-bond donors (Lipinski definition) is 0. The summed E-state index contributed by atoms with van der Waals surface area (Å²) in [4.78, 5) is 18.0. The monoisotopic (exact) mass is 252 g/mol. The molecule has 0 N–H and O–H groups in total. The Morgan fingerprint density at radius 2 is 2.24 bits per heavy atom. The molecule has 1 rings (SSSR count). The highest BCUT2D eigenvalue weighted by molar-refractivity contribution is 6.33. The van der Waals surface area contributed by atoms with E-state index in [0.29, 0.717) is 17.1 Å². The molecule has 0 saturated heterocycles. The van der Waals surface area contributed by atoms with E-state index in [1.54, 1.807) is 23.2 Å². The number of aromatic nitrogens is 1. The van der Waals surface area contributed by atoms with E-state index < -0.39 is 0 Å². The highest BCUT2D eigenvalue weighted by Gasteiger charge is 2.27. The molecule has 0 aliphatic heterocycles. The number of pyridine rings is 1. The summed E-state index contributed by atoms with van der Waals surface area (Å²) in [7, 11) is 0. The van der Waals surface area contributed by atoms with Gasteiger partial charge >= 0.3 is 0 Å². The summed E-state index contributed by atoms with van der Waals surface area (Å²) in [6.45, 7) is 10.1. The number of amides is 1. The van der Waals surface area contributed by atoms with Gasteiger partial charge in [-0.1, -0.05) is 17.7 Å². The molecule has 4 heteroatoms. The van der Waals surface area contributed by atoms with E-state index in [9.17, 15) is 4.79 Å². The molecule has 0 saturated carbocycles. The van der Waals surface area contributed by atoms with Gasteiger partial charge < -0.3 is 4.90 Å². The SMILES string of the molecule is C=CCN(C(=O)c1ccncc1Cl)C(C)(C)C. The van der Waals surface area contributed by atoms with Crippen LogP contribution in [-0.4, -0.2) is 27.9 Å². The summed E-state index contributed by atoms with van der Waals surface area (Å²) in [6, 6.07) is 1.63. The Labute approximate surface area is 107 Å². The summed E-state index contributed by atoms with van der Waals surface area (Å²) >= 11 is 5.98. The van der Waals surface area contributed by atoms with Gasteiger partial charge in [0, 0.05) is 24.5 Å². The highest BCUT2D eigenvalue weighted by Crippen LogP contribution is 2.21. The van der Waals surface area contributed by atoms with E-state index in [2.05, 4.69) is 11.6 Å². The van der Waals surface area contributed by atoms with Crippen molar-refractivity contribution < 1.29 is 4.79 Å². The fourth-order valence-electron chi connectivity index (χ4n) is 1.48. The van der Waals surface area contributed by atoms with Crippen LogP contribution in [0.15, 0.2) is 31.1 Å². The largest absolute Gasteiger partial charge is 0.330 e. The normalized spacial score (nSPS) is 11.1. The van der Waals surface area contributed by atoms with Crippen LogP contribution in [-0.2, 0) is 0 Å². The van der Waals surface area contributed by atoms with E-state index >= 15 is 0 Å². The molecule has 0 spiro atoms. The summed E-state index contributed by atoms with van der Waals surface area (Å²) in [5.74, 6) is -0.107. The molecule has 0 aliphatic carbocycles. The first-order valence-electron chi connectivity index (χ1n) is 5.40. The van der Waals surface area contributed by atoms with Gasteiger partial charge in [-0.3, -0.25) is 9.78 Å². The second kappa shape index (κ2) is 5.32. The number of carbonyl (C=O) groups is 1. The van der Waals surface area contributed by atoms with Crippen LogP contribution in [0.4, 0.5) is 0 Å². The maximum absolute atomic E-state index is 12.4. The van der Waals surface area contributed by atoms with Crippen molar-refractivity contribution in [3.8, 4) is 0 Å². The van der Waals surface area contributed by atoms with Crippen LogP contribution in [0.3, 0.4) is 0 Å². The molecule has 1 heterocycles. The molecule has 1 aromatic heterocycles. The maximum atomic E-state index is 12.4. The van der Waals surface area contributed by atoms with Crippen LogP contribution in [0.25, 0.3) is 0 Å². The molecule has 0 bridgehead atoms. The third-order valence-corrected chi connectivity index (χ3v) is 2.67. The van der Waals surface area contributed by atoms with Crippen molar-refractivity contribution in [2.45, 2.75) is 26.3 Å². The fourth-order valence-corrected chi connectivity index (χ4v) is 1.68. The van der Waals surface area contributed by atoms with Gasteiger partial charge in [-0.05, 0) is 26.8 Å². The third kappa shape index (κ3) is 3.30. The number of rotatable bonds is 3. The number of nitrogens with zero attached hydrogens (tertiary/aromatic N) is 2. The molecule has 0 aromatic carbocycles. The second-order valence-electron chi connectivity index (χ2n) is 4.73. The molecule has 0 radical (unpaired) electrons. The van der Waals surface area contributed by atoms with E-state index in [-0.39, 0.29) is 11.4 Å². The van der Waals surface area contributed by atoms with Crippen LogP contribution < -0.4 is 0 Å². The zero-order chi connectivity index (χ0) is 13.1. The Kier molecular flexibility index (Phi) is 4.29. The Bertz CT molecular complexity index is 424. The van der Waals surface area contributed by atoms with E-state index in [0.717, 1.165) is 0 Å². The summed E-state index contributed by atoms with van der Waals surface area (Å²) < 4.78 is 0. The molecule has 0 fully saturated rings. The van der Waals surface area contributed by atoms with Crippen molar-refractivity contribution in [2.24, 2.45) is 0 Å². The highest BCUT2D eigenvalue weighted by atomic mass is 35.5. The molecule has 1 aromatic rings. The summed E-state index contributed by atoms with van der Waals surface area (Å²) in [6.07, 6.45) is 4.75. The van der Waals surface area contributed by atoms with Crippen LogP contribution in [0.2, 0.25) is 5.02 Å². The first-order chi connectivity index (χ1) is 7.88. The minimum absolute atomic E-state index is 0.107. The molecule has 0 unspecified atom stereocenters. The Morgan fingerprint density at radius 3 is 2.71 bits per heavy atom. The smallest absolute Gasteiger partial charge is 0.256 e. The lowest BCUT2D eigenvalue weighted by atomic mass is 10.0. The van der Waals surface area contributed by atoms with Crippen molar-refractivity contribution in [1.29, 1.82) is 0 Å². The van der Waals surface area contributed by atoms with E-state index in [1.807, 2.05) is 20.8 Å². The van der Waals surface area contributed by atoms with Crippen molar-refractivity contribution in [2.75, 3.05) is 6.54 Å². The molecule has 0 aliphatic rings. The van der Waals surface area contributed by atoms with Crippen LogP contribution in [0, 0.1) is 0 Å². The molecular formula is C13H17ClN2O. The van der Waals surface area contributed by atoms with Gasteiger partial charge in [0.25, 0.3) is 5.91 Å². The summed E-state index contributed by atoms with van der Waals surface area (Å²) in [5.41, 5.74) is 0.191. The van der Waals surface area contributed by atoms with Gasteiger partial charge in [-0.25, -0.2) is 0 Å². The second-order valence-corrected chi connectivity index (χ2v) is 5.14. The summed E-state index contributed by atoms with van der Waals surface area (Å²) in [5, 5.41) is 0.371. The lowest BCUT2D eigenvalue weighted by molar-refractivity contribution is 0.0616. The number of hydrogen-bond acceptors (Lipinski definition) is 2. The Hall–Kier alpha value is -1.35. The van der Waals surface area contributed by atoms with Gasteiger partial charge in [0.15, 0.2) is 0 Å². The van der Waals surface area contributed by atoms with Crippen molar-refractivity contribution >= 4 is 17.5 Å². The van der Waals surface area contributed by atoms with Gasteiger partial charge in [-0.2, -0.15) is 0 Å². The van der Waals surface area contributed by atoms with Crippen LogP contribution in [0.1, 0.15) is 31.1 Å². The predicted octanol–water partition coefficient (Wildman–Crippen LogP) is 3.16. The molecular weight excluding hydrogens is 236 g/mol. The zero-order valence-corrected chi connectivity index (χ0v) is 11.2. The Morgan fingerprint density at radius 1 is 1.59 bits per heavy atom. The van der Waals surface area contributed by atoms with Gasteiger partial charge in [0.2, 0.25) is 0 Å². The van der Waals surface area contributed by atoms with E-state index in [1.165, 1.54) is 6.20 Å². The standard InChI is InChI=1S/C13H17ClN2O/c1-5-8-16(13(2,3)4)12(17)10-6-7-15-9-11(10)14/h5-7,9H,1,8H2,2-4H3. The van der Waals surface area contributed by atoms with Crippen molar-refractivity contribution in [1.82, 2.24) is 9.88 Å². The van der Waals surface area contributed by atoms with Gasteiger partial charge in [-0.15, -0.1) is 6.58 Å². The zero-order valence-electron chi connectivity index (χ0n) is 10.4. The van der Waals surface area contributed by atoms with Gasteiger partial charge in [0.05, 0.1) is 10.6 Å². The lowest BCUT2D eigenvalue weighted by Gasteiger charge is -2.35. The maximum Gasteiger partial charge on any atom is 0.256 e.